The van der Waals surface area contributed by atoms with Crippen molar-refractivity contribution in [3.8, 4) is 0 Å². The van der Waals surface area contributed by atoms with E-state index in [0.29, 0.717) is 0 Å². The van der Waals surface area contributed by atoms with Crippen molar-refractivity contribution in [3.63, 3.8) is 0 Å². The Balaban J connectivity index is 2.50. The van der Waals surface area contributed by atoms with E-state index in [1.807, 2.05) is 7.11 Å². The SMILES string of the molecule is CC[C@H](COC)[N+]1(C)CCCC1. The lowest BCUT2D eigenvalue weighted by atomic mass is 10.2. The van der Waals surface area contributed by atoms with Crippen LogP contribution in [0.5, 0.6) is 0 Å². The molecule has 0 aromatic heterocycles. The second-order valence-corrected chi connectivity index (χ2v) is 4.15. The predicted molar refractivity (Wildman–Crippen MR) is 51.1 cm³/mol. The lowest BCUT2D eigenvalue weighted by molar-refractivity contribution is -0.922. The van der Waals surface area contributed by atoms with Crippen LogP contribution >= 0.6 is 0 Å². The topological polar surface area (TPSA) is 9.23 Å². The molecule has 12 heavy (non-hydrogen) atoms. The van der Waals surface area contributed by atoms with Crippen LogP contribution in [0, 0.1) is 0 Å². The lowest BCUT2D eigenvalue weighted by Crippen LogP contribution is -2.51. The Labute approximate surface area is 76.1 Å². The van der Waals surface area contributed by atoms with Crippen molar-refractivity contribution in [2.45, 2.75) is 32.2 Å². The summed E-state index contributed by atoms with van der Waals surface area (Å²) < 4.78 is 6.50. The van der Waals surface area contributed by atoms with Crippen LogP contribution in [0.3, 0.4) is 0 Å². The number of ether oxygens (including phenoxy) is 1. The van der Waals surface area contributed by atoms with Gasteiger partial charge in [-0.3, -0.25) is 0 Å². The molecule has 0 aromatic rings. The van der Waals surface area contributed by atoms with Gasteiger partial charge in [0.2, 0.25) is 0 Å². The third-order valence-electron chi connectivity index (χ3n) is 3.30. The molecule has 1 aliphatic rings. The first-order valence-corrected chi connectivity index (χ1v) is 5.06. The predicted octanol–water partition coefficient (Wildman–Crippen LogP) is 1.65. The van der Waals surface area contributed by atoms with Crippen LogP contribution in [0.25, 0.3) is 0 Å². The minimum atomic E-state index is 0.720. The van der Waals surface area contributed by atoms with Crippen molar-refractivity contribution < 1.29 is 9.22 Å². The van der Waals surface area contributed by atoms with Gasteiger partial charge in [-0.2, -0.15) is 0 Å². The van der Waals surface area contributed by atoms with Crippen LogP contribution < -0.4 is 0 Å². The molecule has 1 saturated heterocycles. The number of nitrogens with zero attached hydrogens (tertiary/aromatic N) is 1. The van der Waals surface area contributed by atoms with Gasteiger partial charge in [-0.05, 0) is 6.42 Å². The highest BCUT2D eigenvalue weighted by Gasteiger charge is 2.34. The average Bonchev–Trinajstić information content (AvgIpc) is 2.49. The molecule has 1 atom stereocenters. The van der Waals surface area contributed by atoms with E-state index in [9.17, 15) is 0 Å². The van der Waals surface area contributed by atoms with Crippen LogP contribution in [0.4, 0.5) is 0 Å². The first-order valence-electron chi connectivity index (χ1n) is 5.06. The van der Waals surface area contributed by atoms with Crippen molar-refractivity contribution in [2.75, 3.05) is 33.9 Å². The molecule has 2 nitrogen and oxygen atoms in total. The number of rotatable bonds is 4. The normalized spacial score (nSPS) is 24.2. The first kappa shape index (κ1) is 10.0. The number of hydrogen-bond donors (Lipinski definition) is 0. The zero-order valence-electron chi connectivity index (χ0n) is 8.68. The van der Waals surface area contributed by atoms with E-state index in [2.05, 4.69) is 14.0 Å². The van der Waals surface area contributed by atoms with E-state index >= 15 is 0 Å². The van der Waals surface area contributed by atoms with E-state index in [1.165, 1.54) is 36.8 Å². The molecule has 0 amide bonds. The molecule has 1 fully saturated rings. The maximum atomic E-state index is 5.26. The van der Waals surface area contributed by atoms with Crippen LogP contribution in [-0.4, -0.2) is 44.4 Å². The molecule has 0 radical (unpaired) electrons. The minimum Gasteiger partial charge on any atom is -0.379 e. The zero-order valence-corrected chi connectivity index (χ0v) is 8.68. The van der Waals surface area contributed by atoms with Gasteiger partial charge >= 0.3 is 0 Å². The van der Waals surface area contributed by atoms with Crippen molar-refractivity contribution in [1.82, 2.24) is 0 Å². The quantitative estimate of drug-likeness (QED) is 0.586. The highest BCUT2D eigenvalue weighted by atomic mass is 16.5. The highest BCUT2D eigenvalue weighted by molar-refractivity contribution is 4.61. The van der Waals surface area contributed by atoms with Crippen LogP contribution in [0.15, 0.2) is 0 Å². The van der Waals surface area contributed by atoms with Crippen LogP contribution in [-0.2, 0) is 4.74 Å². The maximum absolute atomic E-state index is 5.26. The van der Waals surface area contributed by atoms with Gasteiger partial charge in [0.1, 0.15) is 6.04 Å². The Morgan fingerprint density at radius 1 is 1.33 bits per heavy atom. The zero-order chi connectivity index (χ0) is 9.03. The van der Waals surface area contributed by atoms with E-state index in [1.54, 1.807) is 0 Å². The summed E-state index contributed by atoms with van der Waals surface area (Å²) in [5.41, 5.74) is 0. The molecule has 1 rings (SSSR count). The molecule has 1 aliphatic heterocycles. The van der Waals surface area contributed by atoms with Gasteiger partial charge in [-0.1, -0.05) is 6.92 Å². The van der Waals surface area contributed by atoms with Gasteiger partial charge < -0.3 is 9.22 Å². The third-order valence-corrected chi connectivity index (χ3v) is 3.30. The Bertz CT molecular complexity index is 130. The summed E-state index contributed by atoms with van der Waals surface area (Å²) in [5, 5.41) is 0. The molecule has 0 bridgehead atoms. The van der Waals surface area contributed by atoms with Crippen molar-refractivity contribution in [1.29, 1.82) is 0 Å². The fourth-order valence-corrected chi connectivity index (χ4v) is 2.35. The van der Waals surface area contributed by atoms with Gasteiger partial charge in [-0.15, -0.1) is 0 Å². The number of likely N-dealkylation sites (tertiary alicyclic amines) is 1. The van der Waals surface area contributed by atoms with Gasteiger partial charge in [0.05, 0.1) is 26.7 Å². The largest absolute Gasteiger partial charge is 0.379 e. The Kier molecular flexibility index (Phi) is 3.53. The Morgan fingerprint density at radius 3 is 2.33 bits per heavy atom. The molecule has 0 spiro atoms. The van der Waals surface area contributed by atoms with Crippen LogP contribution in [0.2, 0.25) is 0 Å². The Hall–Kier alpha value is -0.0800. The van der Waals surface area contributed by atoms with Gasteiger partial charge in [0, 0.05) is 20.0 Å². The monoisotopic (exact) mass is 172 g/mol. The van der Waals surface area contributed by atoms with E-state index in [4.69, 9.17) is 4.74 Å². The fourth-order valence-electron chi connectivity index (χ4n) is 2.35. The van der Waals surface area contributed by atoms with Crippen molar-refractivity contribution >= 4 is 0 Å². The summed E-state index contributed by atoms with van der Waals surface area (Å²) in [7, 11) is 4.19. The molecule has 0 aliphatic carbocycles. The van der Waals surface area contributed by atoms with Gasteiger partial charge in [-0.25, -0.2) is 0 Å². The molecule has 2 heteroatoms. The first-order chi connectivity index (χ1) is 5.73. The van der Waals surface area contributed by atoms with E-state index < -0.39 is 0 Å². The summed E-state index contributed by atoms with van der Waals surface area (Å²) in [4.78, 5) is 0. The second kappa shape index (κ2) is 4.24. The third kappa shape index (κ3) is 1.99. The molecular formula is C10H22NO+. The van der Waals surface area contributed by atoms with Gasteiger partial charge in [0.15, 0.2) is 0 Å². The molecule has 0 aromatic carbocycles. The highest BCUT2D eigenvalue weighted by Crippen LogP contribution is 2.22. The van der Waals surface area contributed by atoms with Crippen molar-refractivity contribution in [3.05, 3.63) is 0 Å². The fraction of sp³-hybridized carbons (Fsp3) is 1.00. The molecule has 0 saturated carbocycles. The summed E-state index contributed by atoms with van der Waals surface area (Å²) in [6.07, 6.45) is 4.04. The average molecular weight is 172 g/mol. The summed E-state index contributed by atoms with van der Waals surface area (Å²) in [6, 6.07) is 0.720. The molecule has 1 heterocycles. The number of methoxy groups -OCH3 is 1. The molecule has 0 unspecified atom stereocenters. The molecular weight excluding hydrogens is 150 g/mol. The standard InChI is InChI=1S/C10H22NO/c1-4-10(9-12-3)11(2)7-5-6-8-11/h10H,4-9H2,1-3H3/q+1/t10-/m1/s1. The maximum Gasteiger partial charge on any atom is 0.112 e. The summed E-state index contributed by atoms with van der Waals surface area (Å²) in [5.74, 6) is 0. The van der Waals surface area contributed by atoms with E-state index in [-0.39, 0.29) is 0 Å². The van der Waals surface area contributed by atoms with Crippen molar-refractivity contribution in [2.24, 2.45) is 0 Å². The molecule has 72 valence electrons. The Morgan fingerprint density at radius 2 is 1.92 bits per heavy atom. The molecule has 0 N–H and O–H groups in total. The second-order valence-electron chi connectivity index (χ2n) is 4.15. The summed E-state index contributed by atoms with van der Waals surface area (Å²) >= 11 is 0. The smallest absolute Gasteiger partial charge is 0.112 e. The lowest BCUT2D eigenvalue weighted by Gasteiger charge is -2.37. The van der Waals surface area contributed by atoms with Crippen LogP contribution in [0.1, 0.15) is 26.2 Å². The van der Waals surface area contributed by atoms with Gasteiger partial charge in [0.25, 0.3) is 0 Å². The van der Waals surface area contributed by atoms with E-state index in [0.717, 1.165) is 12.6 Å². The number of hydrogen-bond acceptors (Lipinski definition) is 1. The minimum absolute atomic E-state index is 0.720. The number of quaternary nitrogens is 1. The number of likely N-dealkylation sites (N-methyl/N-ethyl adjacent to an activating group) is 1. The summed E-state index contributed by atoms with van der Waals surface area (Å²) in [6.45, 7) is 5.89.